The van der Waals surface area contributed by atoms with Crippen molar-refractivity contribution < 1.29 is 24.5 Å². The van der Waals surface area contributed by atoms with Crippen LogP contribution in [-0.4, -0.2) is 47.4 Å². The van der Waals surface area contributed by atoms with Gasteiger partial charge >= 0.3 is 5.97 Å². The summed E-state index contributed by atoms with van der Waals surface area (Å²) in [7, 11) is 0. The van der Waals surface area contributed by atoms with Crippen LogP contribution in [0.15, 0.2) is 24.3 Å². The van der Waals surface area contributed by atoms with Crippen molar-refractivity contribution in [3.05, 3.63) is 24.3 Å². The Morgan fingerprint density at radius 2 is 0.618 bits per heavy atom. The molecule has 6 nitrogen and oxygen atoms in total. The molecule has 2 atom stereocenters. The Hall–Kier alpha value is -1.66. The van der Waals surface area contributed by atoms with E-state index in [4.69, 9.17) is 4.74 Å². The van der Waals surface area contributed by atoms with Crippen molar-refractivity contribution in [1.82, 2.24) is 5.32 Å². The lowest BCUT2D eigenvalue weighted by Crippen LogP contribution is -2.45. The van der Waals surface area contributed by atoms with Crippen LogP contribution < -0.4 is 5.32 Å². The third kappa shape index (κ3) is 61.6. The molecule has 0 aliphatic rings. The number of carbonyl (C=O) groups excluding carboxylic acids is 2. The largest absolute Gasteiger partial charge is 0.466 e. The van der Waals surface area contributed by atoms with Gasteiger partial charge in [0, 0.05) is 12.8 Å². The maximum Gasteiger partial charge on any atom is 0.305 e. The van der Waals surface area contributed by atoms with Gasteiger partial charge in [0.15, 0.2) is 0 Å². The Labute approximate surface area is 475 Å². The van der Waals surface area contributed by atoms with Crippen molar-refractivity contribution in [1.29, 1.82) is 0 Å². The molecule has 6 heteroatoms. The van der Waals surface area contributed by atoms with Gasteiger partial charge in [-0.3, -0.25) is 9.59 Å². The Balaban J connectivity index is 3.41. The van der Waals surface area contributed by atoms with Crippen LogP contribution in [0.4, 0.5) is 0 Å². The third-order valence-electron chi connectivity index (χ3n) is 16.2. The van der Waals surface area contributed by atoms with Crippen molar-refractivity contribution in [2.45, 2.75) is 398 Å². The quantitative estimate of drug-likeness (QED) is 0.0320. The minimum Gasteiger partial charge on any atom is -0.466 e. The fourth-order valence-electron chi connectivity index (χ4n) is 10.9. The Kier molecular flexibility index (Phi) is 64.4. The number of unbranched alkanes of at least 4 members (excludes halogenated alkanes) is 50. The molecule has 0 radical (unpaired) electrons. The highest BCUT2D eigenvalue weighted by Crippen LogP contribution is 2.19. The zero-order valence-corrected chi connectivity index (χ0v) is 51.5. The number of aliphatic hydroxyl groups is 2. The summed E-state index contributed by atoms with van der Waals surface area (Å²) in [6, 6.07) is -0.547. The van der Waals surface area contributed by atoms with Gasteiger partial charge < -0.3 is 20.3 Å². The molecule has 3 N–H and O–H groups in total. The number of carbonyl (C=O) groups is 2. The Morgan fingerprint density at radius 3 is 0.934 bits per heavy atom. The maximum atomic E-state index is 12.5. The molecule has 450 valence electrons. The standard InChI is InChI=1S/C70H135NO5/c1-3-5-7-9-11-13-15-17-19-20-21-22-26-29-32-35-38-42-46-50-54-58-62-68(73)67(66-72)71-69(74)63-59-55-51-47-43-39-36-33-30-27-24-23-25-28-31-34-37-41-45-49-53-57-61-65-76-70(75)64-60-56-52-48-44-40-18-16-14-12-10-8-6-4-2/h16,18,27,30,67-68,72-73H,3-15,17,19-26,28-29,31-66H2,1-2H3,(H,71,74)/b18-16-,30-27-. The molecule has 1 amide bonds. The molecule has 0 spiro atoms. The van der Waals surface area contributed by atoms with Gasteiger partial charge in [-0.15, -0.1) is 0 Å². The van der Waals surface area contributed by atoms with Crippen LogP contribution in [0.25, 0.3) is 0 Å². The average Bonchev–Trinajstić information content (AvgIpc) is 3.42. The second-order valence-electron chi connectivity index (χ2n) is 23.9. The number of hydrogen-bond donors (Lipinski definition) is 3. The van der Waals surface area contributed by atoms with Crippen molar-refractivity contribution in [2.24, 2.45) is 0 Å². The smallest absolute Gasteiger partial charge is 0.305 e. The fourth-order valence-corrected chi connectivity index (χ4v) is 10.9. The molecule has 0 aromatic heterocycles. The molecule has 2 unspecified atom stereocenters. The molecule has 0 aliphatic heterocycles. The zero-order valence-electron chi connectivity index (χ0n) is 51.5. The number of esters is 1. The number of amides is 1. The maximum absolute atomic E-state index is 12.5. The van der Waals surface area contributed by atoms with Crippen LogP contribution in [0.3, 0.4) is 0 Å². The van der Waals surface area contributed by atoms with Crippen LogP contribution in [0.2, 0.25) is 0 Å². The van der Waals surface area contributed by atoms with Crippen molar-refractivity contribution in [3.8, 4) is 0 Å². The van der Waals surface area contributed by atoms with Crippen LogP contribution in [0.1, 0.15) is 386 Å². The highest BCUT2D eigenvalue weighted by molar-refractivity contribution is 5.76. The van der Waals surface area contributed by atoms with Crippen LogP contribution >= 0.6 is 0 Å². The molecule has 0 aliphatic carbocycles. The first kappa shape index (κ1) is 74.3. The summed E-state index contributed by atoms with van der Waals surface area (Å²) < 4.78 is 5.48. The van der Waals surface area contributed by atoms with Crippen LogP contribution in [0.5, 0.6) is 0 Å². The van der Waals surface area contributed by atoms with E-state index in [0.717, 1.165) is 44.9 Å². The van der Waals surface area contributed by atoms with Crippen molar-refractivity contribution >= 4 is 11.9 Å². The van der Waals surface area contributed by atoms with Crippen molar-refractivity contribution in [3.63, 3.8) is 0 Å². The number of nitrogens with one attached hydrogen (secondary N) is 1. The summed E-state index contributed by atoms with van der Waals surface area (Å²) in [5.74, 6) is -0.0334. The predicted octanol–water partition coefficient (Wildman–Crippen LogP) is 22.1. The Bertz CT molecular complexity index is 1190. The molecule has 0 aromatic rings. The lowest BCUT2D eigenvalue weighted by atomic mass is 10.0. The fraction of sp³-hybridized carbons (Fsp3) is 0.914. The summed E-state index contributed by atoms with van der Waals surface area (Å²) in [6.45, 7) is 4.97. The van der Waals surface area contributed by atoms with E-state index in [0.29, 0.717) is 25.9 Å². The van der Waals surface area contributed by atoms with Gasteiger partial charge in [-0.05, 0) is 77.0 Å². The van der Waals surface area contributed by atoms with E-state index in [1.165, 1.54) is 308 Å². The number of ether oxygens (including phenoxy) is 1. The summed E-state index contributed by atoms with van der Waals surface area (Å²) in [5, 5.41) is 23.4. The number of aliphatic hydroxyl groups excluding tert-OH is 2. The first-order chi connectivity index (χ1) is 37.5. The number of hydrogen-bond acceptors (Lipinski definition) is 5. The van der Waals surface area contributed by atoms with Crippen LogP contribution in [-0.2, 0) is 14.3 Å². The van der Waals surface area contributed by atoms with E-state index >= 15 is 0 Å². The molecule has 0 fully saturated rings. The van der Waals surface area contributed by atoms with Gasteiger partial charge in [0.1, 0.15) is 0 Å². The number of rotatable bonds is 65. The molecule has 0 heterocycles. The minimum atomic E-state index is -0.669. The van der Waals surface area contributed by atoms with Gasteiger partial charge in [-0.2, -0.15) is 0 Å². The normalized spacial score (nSPS) is 12.6. The molecule has 0 aromatic carbocycles. The highest BCUT2D eigenvalue weighted by atomic mass is 16.5. The molecule has 0 saturated carbocycles. The van der Waals surface area contributed by atoms with Gasteiger partial charge in [0.2, 0.25) is 5.91 Å². The highest BCUT2D eigenvalue weighted by Gasteiger charge is 2.20. The summed E-state index contributed by atoms with van der Waals surface area (Å²) in [4.78, 5) is 24.6. The summed E-state index contributed by atoms with van der Waals surface area (Å²) in [6.07, 6.45) is 82.1. The van der Waals surface area contributed by atoms with Gasteiger partial charge in [0.05, 0.1) is 25.4 Å². The van der Waals surface area contributed by atoms with E-state index in [-0.39, 0.29) is 18.5 Å². The third-order valence-corrected chi connectivity index (χ3v) is 16.2. The second-order valence-corrected chi connectivity index (χ2v) is 23.9. The van der Waals surface area contributed by atoms with Gasteiger partial charge in [0.25, 0.3) is 0 Å². The summed E-state index contributed by atoms with van der Waals surface area (Å²) in [5.41, 5.74) is 0. The summed E-state index contributed by atoms with van der Waals surface area (Å²) >= 11 is 0. The van der Waals surface area contributed by atoms with E-state index in [9.17, 15) is 19.8 Å². The zero-order chi connectivity index (χ0) is 55.0. The van der Waals surface area contributed by atoms with E-state index in [1.807, 2.05) is 0 Å². The topological polar surface area (TPSA) is 95.9 Å². The molecular weight excluding hydrogens is 935 g/mol. The monoisotopic (exact) mass is 1070 g/mol. The molecule has 0 bridgehead atoms. The molecular formula is C70H135NO5. The lowest BCUT2D eigenvalue weighted by molar-refractivity contribution is -0.143. The first-order valence-corrected chi connectivity index (χ1v) is 34.6. The van der Waals surface area contributed by atoms with E-state index in [1.54, 1.807) is 0 Å². The van der Waals surface area contributed by atoms with Crippen molar-refractivity contribution in [2.75, 3.05) is 13.2 Å². The number of allylic oxidation sites excluding steroid dienone is 4. The molecule has 0 saturated heterocycles. The van der Waals surface area contributed by atoms with Crippen LogP contribution in [0, 0.1) is 0 Å². The van der Waals surface area contributed by atoms with E-state index < -0.39 is 12.1 Å². The van der Waals surface area contributed by atoms with Gasteiger partial charge in [-0.25, -0.2) is 0 Å². The minimum absolute atomic E-state index is 0.00377. The average molecular weight is 1070 g/mol. The van der Waals surface area contributed by atoms with Gasteiger partial charge in [-0.1, -0.05) is 321 Å². The van der Waals surface area contributed by atoms with E-state index in [2.05, 4.69) is 43.5 Å². The first-order valence-electron chi connectivity index (χ1n) is 34.6. The molecule has 76 heavy (non-hydrogen) atoms. The predicted molar refractivity (Wildman–Crippen MR) is 333 cm³/mol. The molecule has 0 rings (SSSR count). The Morgan fingerprint density at radius 1 is 0.355 bits per heavy atom. The SMILES string of the molecule is CCCCCCC/C=C\CCCCCCCC(=O)OCCCCCCCCCCCCCC/C=C\CCCCCCCCCC(=O)NC(CO)C(O)CCCCCCCCCCCCCCCCCCCCCCCC. The lowest BCUT2D eigenvalue weighted by Gasteiger charge is -2.22. The second kappa shape index (κ2) is 65.9.